The first-order chi connectivity index (χ1) is 10.5. The predicted molar refractivity (Wildman–Crippen MR) is 88.3 cm³/mol. The van der Waals surface area contributed by atoms with Crippen molar-refractivity contribution < 1.29 is 19.8 Å². The number of hydrogen-bond donors (Lipinski definition) is 3. The minimum Gasteiger partial charge on any atom is -0.481 e. The number of carbonyl (C=O) groups is 2. The molecule has 0 bridgehead atoms. The average Bonchev–Trinajstić information content (AvgIpc) is 2.50. The Morgan fingerprint density at radius 2 is 1.73 bits per heavy atom. The smallest absolute Gasteiger partial charge is 0.306 e. The van der Waals surface area contributed by atoms with E-state index in [1.165, 1.54) is 0 Å². The van der Waals surface area contributed by atoms with Crippen LogP contribution in [0.4, 0.5) is 0 Å². The third kappa shape index (κ3) is 4.01. The van der Waals surface area contributed by atoms with Gasteiger partial charge in [-0.25, -0.2) is 0 Å². The molecule has 22 heavy (non-hydrogen) atoms. The van der Waals surface area contributed by atoms with E-state index in [0.717, 1.165) is 16.3 Å². The van der Waals surface area contributed by atoms with Crippen molar-refractivity contribution in [3.63, 3.8) is 0 Å². The second kappa shape index (κ2) is 7.31. The highest BCUT2D eigenvalue weighted by Crippen LogP contribution is 2.34. The number of rotatable bonds is 7. The lowest BCUT2D eigenvalue weighted by atomic mass is 9.92. The second-order valence-electron chi connectivity index (χ2n) is 5.29. The molecule has 2 aromatic carbocycles. The first kappa shape index (κ1) is 16.4. The molecule has 0 aliphatic carbocycles. The van der Waals surface area contributed by atoms with E-state index in [1.54, 1.807) is 0 Å². The zero-order valence-corrected chi connectivity index (χ0v) is 12.9. The van der Waals surface area contributed by atoms with Crippen molar-refractivity contribution in [1.82, 2.24) is 0 Å². The molecule has 5 heteroatoms. The van der Waals surface area contributed by atoms with Gasteiger partial charge < -0.3 is 10.2 Å². The van der Waals surface area contributed by atoms with Crippen LogP contribution in [0.1, 0.15) is 30.1 Å². The summed E-state index contributed by atoms with van der Waals surface area (Å²) in [5.41, 5.74) is 0.975. The highest BCUT2D eigenvalue weighted by molar-refractivity contribution is 7.80. The van der Waals surface area contributed by atoms with Gasteiger partial charge in [-0.2, -0.15) is 12.6 Å². The first-order valence-electron chi connectivity index (χ1n) is 7.09. The molecule has 0 heterocycles. The topological polar surface area (TPSA) is 74.6 Å². The van der Waals surface area contributed by atoms with Crippen LogP contribution in [0, 0.1) is 5.92 Å². The monoisotopic (exact) mass is 318 g/mol. The molecule has 2 unspecified atom stereocenters. The fourth-order valence-corrected chi connectivity index (χ4v) is 3.06. The molecular formula is C17H18O4S. The number of carboxylic acid groups (broad SMARTS) is 2. The molecule has 0 aliphatic heterocycles. The van der Waals surface area contributed by atoms with Crippen molar-refractivity contribution in [3.05, 3.63) is 48.0 Å². The molecule has 0 aliphatic rings. The first-order valence-corrected chi connectivity index (χ1v) is 7.61. The molecule has 0 saturated heterocycles. The van der Waals surface area contributed by atoms with Gasteiger partial charge in [0.1, 0.15) is 0 Å². The van der Waals surface area contributed by atoms with Gasteiger partial charge in [-0.05, 0) is 29.2 Å². The second-order valence-corrected chi connectivity index (χ2v) is 5.91. The van der Waals surface area contributed by atoms with E-state index < -0.39 is 17.9 Å². The SMILES string of the molecule is O=C(O)CCC(CC(S)c1cccc2ccccc12)C(=O)O. The van der Waals surface area contributed by atoms with Gasteiger partial charge in [-0.3, -0.25) is 9.59 Å². The van der Waals surface area contributed by atoms with Crippen molar-refractivity contribution >= 4 is 35.3 Å². The Labute approximate surface area is 134 Å². The molecule has 2 rings (SSSR count). The zero-order valence-electron chi connectivity index (χ0n) is 12.0. The standard InChI is InChI=1S/C17H18O4S/c18-16(19)9-8-12(17(20)21)10-15(22)14-7-3-5-11-4-1-2-6-13(11)14/h1-7,12,15,22H,8-10H2,(H,18,19)(H,20,21). The van der Waals surface area contributed by atoms with E-state index in [0.29, 0.717) is 6.42 Å². The van der Waals surface area contributed by atoms with Crippen LogP contribution in [-0.4, -0.2) is 22.2 Å². The minimum absolute atomic E-state index is 0.118. The molecule has 116 valence electrons. The number of thiol groups is 1. The van der Waals surface area contributed by atoms with Crippen molar-refractivity contribution in [2.45, 2.75) is 24.5 Å². The molecule has 0 spiro atoms. The van der Waals surface area contributed by atoms with Gasteiger partial charge in [-0.15, -0.1) is 0 Å². The van der Waals surface area contributed by atoms with Gasteiger partial charge in [-0.1, -0.05) is 42.5 Å². The molecule has 2 aromatic rings. The molecular weight excluding hydrogens is 300 g/mol. The molecule has 0 amide bonds. The lowest BCUT2D eigenvalue weighted by Gasteiger charge is -2.18. The number of benzene rings is 2. The van der Waals surface area contributed by atoms with E-state index in [-0.39, 0.29) is 18.1 Å². The summed E-state index contributed by atoms with van der Waals surface area (Å²) in [6, 6.07) is 13.7. The highest BCUT2D eigenvalue weighted by atomic mass is 32.1. The Balaban J connectivity index is 2.20. The predicted octanol–water partition coefficient (Wildman–Crippen LogP) is 3.77. The molecule has 2 N–H and O–H groups in total. The van der Waals surface area contributed by atoms with Gasteiger partial charge in [0.15, 0.2) is 0 Å². The van der Waals surface area contributed by atoms with Gasteiger partial charge in [0, 0.05) is 11.7 Å². The lowest BCUT2D eigenvalue weighted by Crippen LogP contribution is -2.17. The summed E-state index contributed by atoms with van der Waals surface area (Å²) in [5, 5.41) is 19.9. The van der Waals surface area contributed by atoms with Gasteiger partial charge >= 0.3 is 11.9 Å². The number of hydrogen-bond acceptors (Lipinski definition) is 3. The highest BCUT2D eigenvalue weighted by Gasteiger charge is 2.23. The zero-order chi connectivity index (χ0) is 16.1. The molecule has 0 radical (unpaired) electrons. The number of fused-ring (bicyclic) bond motifs is 1. The third-order valence-corrected chi connectivity index (χ3v) is 4.24. The fourth-order valence-electron chi connectivity index (χ4n) is 2.58. The van der Waals surface area contributed by atoms with Crippen LogP contribution in [0.25, 0.3) is 10.8 Å². The summed E-state index contributed by atoms with van der Waals surface area (Å²) in [6.45, 7) is 0. The van der Waals surface area contributed by atoms with E-state index in [1.807, 2.05) is 42.5 Å². The third-order valence-electron chi connectivity index (χ3n) is 3.75. The normalized spacial score (nSPS) is 13.7. The summed E-state index contributed by atoms with van der Waals surface area (Å²) in [4.78, 5) is 22.0. The van der Waals surface area contributed by atoms with Crippen molar-refractivity contribution in [2.24, 2.45) is 5.92 Å². The number of aliphatic carboxylic acids is 2. The van der Waals surface area contributed by atoms with Crippen molar-refractivity contribution in [2.75, 3.05) is 0 Å². The fraction of sp³-hybridized carbons (Fsp3) is 0.294. The summed E-state index contributed by atoms with van der Waals surface area (Å²) in [7, 11) is 0. The van der Waals surface area contributed by atoms with Crippen LogP contribution in [0.5, 0.6) is 0 Å². The average molecular weight is 318 g/mol. The minimum atomic E-state index is -0.980. The number of carboxylic acids is 2. The maximum absolute atomic E-state index is 11.3. The van der Waals surface area contributed by atoms with Gasteiger partial charge in [0.05, 0.1) is 5.92 Å². The van der Waals surface area contributed by atoms with Crippen LogP contribution >= 0.6 is 12.6 Å². The van der Waals surface area contributed by atoms with Crippen molar-refractivity contribution in [3.8, 4) is 0 Å². The van der Waals surface area contributed by atoms with Gasteiger partial charge in [0.2, 0.25) is 0 Å². The summed E-state index contributed by atoms with van der Waals surface area (Å²) in [5.74, 6) is -2.66. The molecule has 2 atom stereocenters. The van der Waals surface area contributed by atoms with Crippen LogP contribution in [0.15, 0.2) is 42.5 Å². The molecule has 0 aromatic heterocycles. The van der Waals surface area contributed by atoms with Crippen LogP contribution in [0.2, 0.25) is 0 Å². The quantitative estimate of drug-likeness (QED) is 0.679. The molecule has 0 saturated carbocycles. The van der Waals surface area contributed by atoms with E-state index in [9.17, 15) is 14.7 Å². The summed E-state index contributed by atoms with van der Waals surface area (Å²) < 4.78 is 0. The van der Waals surface area contributed by atoms with Crippen molar-refractivity contribution in [1.29, 1.82) is 0 Å². The molecule has 0 fully saturated rings. The van der Waals surface area contributed by atoms with Crippen LogP contribution in [-0.2, 0) is 9.59 Å². The Morgan fingerprint density at radius 1 is 1.05 bits per heavy atom. The van der Waals surface area contributed by atoms with E-state index in [4.69, 9.17) is 5.11 Å². The van der Waals surface area contributed by atoms with Gasteiger partial charge in [0.25, 0.3) is 0 Å². The van der Waals surface area contributed by atoms with Crippen LogP contribution in [0.3, 0.4) is 0 Å². The Kier molecular flexibility index (Phi) is 5.44. The van der Waals surface area contributed by atoms with E-state index in [2.05, 4.69) is 12.6 Å². The Hall–Kier alpha value is -2.01. The Morgan fingerprint density at radius 3 is 2.41 bits per heavy atom. The Bertz CT molecular complexity index is 678. The molecule has 4 nitrogen and oxygen atoms in total. The van der Waals surface area contributed by atoms with Crippen LogP contribution < -0.4 is 0 Å². The summed E-state index contributed by atoms with van der Waals surface area (Å²) >= 11 is 4.56. The van der Waals surface area contributed by atoms with E-state index >= 15 is 0 Å². The maximum Gasteiger partial charge on any atom is 0.306 e. The lowest BCUT2D eigenvalue weighted by molar-refractivity contribution is -0.143. The maximum atomic E-state index is 11.3. The summed E-state index contributed by atoms with van der Waals surface area (Å²) in [6.07, 6.45) is 0.277. The largest absolute Gasteiger partial charge is 0.481 e.